The molecule has 2 aromatic heterocycles. The van der Waals surface area contributed by atoms with Crippen molar-refractivity contribution in [3.63, 3.8) is 0 Å². The maximum absolute atomic E-state index is 13.3. The first-order valence-electron chi connectivity index (χ1n) is 11.7. The monoisotopic (exact) mass is 432 g/mol. The summed E-state index contributed by atoms with van der Waals surface area (Å²) in [6, 6.07) is 10.8. The molecule has 0 bridgehead atoms. The number of hydrogen-bond donors (Lipinski definition) is 2. The van der Waals surface area contributed by atoms with E-state index in [2.05, 4.69) is 63.2 Å². The van der Waals surface area contributed by atoms with Crippen molar-refractivity contribution in [2.45, 2.75) is 32.7 Å². The normalized spacial score (nSPS) is 16.9. The molecule has 0 radical (unpaired) electrons. The van der Waals surface area contributed by atoms with Gasteiger partial charge in [0, 0.05) is 74.3 Å². The van der Waals surface area contributed by atoms with Gasteiger partial charge in [-0.1, -0.05) is 0 Å². The number of fused-ring (bicyclic) bond motifs is 1. The fraction of sp³-hybridized carbons (Fsp3) is 0.440. The van der Waals surface area contributed by atoms with E-state index in [0.29, 0.717) is 19.1 Å². The molecule has 32 heavy (non-hydrogen) atoms. The van der Waals surface area contributed by atoms with Crippen molar-refractivity contribution in [1.82, 2.24) is 14.9 Å². The Balaban J connectivity index is 1.28. The summed E-state index contributed by atoms with van der Waals surface area (Å²) in [5, 5.41) is 4.49. The maximum atomic E-state index is 13.3. The van der Waals surface area contributed by atoms with Crippen molar-refractivity contribution >= 4 is 34.0 Å². The number of amides is 1. The van der Waals surface area contributed by atoms with Crippen LogP contribution in [0.15, 0.2) is 42.7 Å². The number of piperazine rings is 1. The van der Waals surface area contributed by atoms with Crippen molar-refractivity contribution in [2.24, 2.45) is 0 Å². The number of aromatic nitrogens is 2. The fourth-order valence-corrected chi connectivity index (χ4v) is 4.83. The highest BCUT2D eigenvalue weighted by molar-refractivity contribution is 6.07. The van der Waals surface area contributed by atoms with Gasteiger partial charge in [-0.3, -0.25) is 4.79 Å². The number of anilines is 3. The summed E-state index contributed by atoms with van der Waals surface area (Å²) in [6.07, 6.45) is 6.22. The zero-order valence-electron chi connectivity index (χ0n) is 19.0. The molecule has 168 valence electrons. The van der Waals surface area contributed by atoms with Crippen LogP contribution in [0.5, 0.6) is 0 Å². The zero-order chi connectivity index (χ0) is 22.1. The van der Waals surface area contributed by atoms with Gasteiger partial charge in [-0.05, 0) is 57.0 Å². The molecule has 0 aliphatic carbocycles. The van der Waals surface area contributed by atoms with Crippen LogP contribution < -0.4 is 15.1 Å². The van der Waals surface area contributed by atoms with Gasteiger partial charge in [0.2, 0.25) is 0 Å². The number of hydrogen-bond acceptors (Lipinski definition) is 5. The largest absolute Gasteiger partial charge is 0.380 e. The number of pyridine rings is 1. The molecule has 2 saturated heterocycles. The predicted octanol–water partition coefficient (Wildman–Crippen LogP) is 3.95. The molecule has 0 saturated carbocycles. The molecule has 2 aliphatic rings. The van der Waals surface area contributed by atoms with Gasteiger partial charge in [0.25, 0.3) is 5.91 Å². The number of carbonyl (C=O) groups is 1. The van der Waals surface area contributed by atoms with Crippen LogP contribution in [0.4, 0.5) is 17.2 Å². The summed E-state index contributed by atoms with van der Waals surface area (Å²) in [5.41, 5.74) is 4.09. The summed E-state index contributed by atoms with van der Waals surface area (Å²) >= 11 is 0. The summed E-state index contributed by atoms with van der Waals surface area (Å²) < 4.78 is 0. The Morgan fingerprint density at radius 2 is 1.81 bits per heavy atom. The smallest absolute Gasteiger partial charge is 0.256 e. The van der Waals surface area contributed by atoms with E-state index in [1.54, 1.807) is 0 Å². The van der Waals surface area contributed by atoms with E-state index in [0.717, 1.165) is 54.2 Å². The lowest BCUT2D eigenvalue weighted by Crippen LogP contribution is -2.49. The molecule has 1 amide bonds. The molecule has 2 N–H and O–H groups in total. The van der Waals surface area contributed by atoms with Crippen LogP contribution in [-0.4, -0.2) is 66.1 Å². The lowest BCUT2D eigenvalue weighted by molar-refractivity contribution is 0.0748. The third kappa shape index (κ3) is 3.99. The van der Waals surface area contributed by atoms with Gasteiger partial charge in [-0.15, -0.1) is 0 Å². The highest BCUT2D eigenvalue weighted by atomic mass is 16.2. The van der Waals surface area contributed by atoms with Gasteiger partial charge >= 0.3 is 0 Å². The molecule has 4 heterocycles. The average Bonchev–Trinajstić information content (AvgIpc) is 3.49. The van der Waals surface area contributed by atoms with Crippen LogP contribution in [0.3, 0.4) is 0 Å². The number of aromatic amines is 1. The molecule has 0 unspecified atom stereocenters. The molecule has 7 nitrogen and oxygen atoms in total. The molecule has 1 aromatic carbocycles. The fourth-order valence-electron chi connectivity index (χ4n) is 4.83. The van der Waals surface area contributed by atoms with Crippen molar-refractivity contribution in [3.8, 4) is 0 Å². The van der Waals surface area contributed by atoms with Crippen LogP contribution >= 0.6 is 0 Å². The lowest BCUT2D eigenvalue weighted by Gasteiger charge is -2.36. The lowest BCUT2D eigenvalue weighted by atomic mass is 10.1. The number of H-pyrrole nitrogens is 1. The SMILES string of the molecule is CC(C)Nc1cccnc1N1CCN(C(=O)c2c[nH]c3cc(N4CCCC4)ccc23)CC1. The molecule has 2 aliphatic heterocycles. The van der Waals surface area contributed by atoms with Crippen LogP contribution in [0, 0.1) is 0 Å². The molecular weight excluding hydrogens is 400 g/mol. The van der Waals surface area contributed by atoms with Crippen molar-refractivity contribution in [3.05, 3.63) is 48.3 Å². The second-order valence-electron chi connectivity index (χ2n) is 9.08. The second-order valence-corrected chi connectivity index (χ2v) is 9.08. The molecule has 0 atom stereocenters. The van der Waals surface area contributed by atoms with Crippen LogP contribution in [0.25, 0.3) is 10.9 Å². The number of nitrogens with zero attached hydrogens (tertiary/aromatic N) is 4. The highest BCUT2D eigenvalue weighted by Crippen LogP contribution is 2.28. The quantitative estimate of drug-likeness (QED) is 0.639. The Hall–Kier alpha value is -3.22. The number of benzene rings is 1. The first kappa shape index (κ1) is 20.7. The Labute approximate surface area is 189 Å². The Kier molecular flexibility index (Phi) is 5.64. The molecular formula is C25H32N6O. The molecule has 2 fully saturated rings. The van der Waals surface area contributed by atoms with E-state index in [4.69, 9.17) is 0 Å². The minimum absolute atomic E-state index is 0.103. The summed E-state index contributed by atoms with van der Waals surface area (Å²) in [7, 11) is 0. The first-order valence-corrected chi connectivity index (χ1v) is 11.7. The van der Waals surface area contributed by atoms with E-state index in [1.165, 1.54) is 18.5 Å². The van der Waals surface area contributed by atoms with Gasteiger partial charge in [0.1, 0.15) is 0 Å². The first-order chi connectivity index (χ1) is 15.6. The van der Waals surface area contributed by atoms with Crippen molar-refractivity contribution in [2.75, 3.05) is 54.4 Å². The molecule has 5 rings (SSSR count). The summed E-state index contributed by atoms with van der Waals surface area (Å²) in [4.78, 5) is 27.9. The van der Waals surface area contributed by atoms with Gasteiger partial charge < -0.3 is 25.0 Å². The minimum atomic E-state index is 0.103. The van der Waals surface area contributed by atoms with Crippen molar-refractivity contribution in [1.29, 1.82) is 0 Å². The molecule has 0 spiro atoms. The van der Waals surface area contributed by atoms with Gasteiger partial charge in [-0.2, -0.15) is 0 Å². The van der Waals surface area contributed by atoms with E-state index in [1.807, 2.05) is 23.4 Å². The van der Waals surface area contributed by atoms with Gasteiger partial charge in [0.05, 0.1) is 11.3 Å². The van der Waals surface area contributed by atoms with Gasteiger partial charge in [-0.25, -0.2) is 4.98 Å². The highest BCUT2D eigenvalue weighted by Gasteiger charge is 2.26. The zero-order valence-corrected chi connectivity index (χ0v) is 19.0. The van der Waals surface area contributed by atoms with Crippen molar-refractivity contribution < 1.29 is 4.79 Å². The number of rotatable bonds is 5. The number of nitrogens with one attached hydrogen (secondary N) is 2. The average molecular weight is 433 g/mol. The van der Waals surface area contributed by atoms with E-state index in [-0.39, 0.29) is 5.91 Å². The molecule has 3 aromatic rings. The Bertz CT molecular complexity index is 1090. The summed E-state index contributed by atoms with van der Waals surface area (Å²) in [6.45, 7) is 9.42. The van der Waals surface area contributed by atoms with Gasteiger partial charge in [0.15, 0.2) is 5.82 Å². The van der Waals surface area contributed by atoms with Crippen LogP contribution in [-0.2, 0) is 0 Å². The van der Waals surface area contributed by atoms with E-state index < -0.39 is 0 Å². The predicted molar refractivity (Wildman–Crippen MR) is 131 cm³/mol. The summed E-state index contributed by atoms with van der Waals surface area (Å²) in [5.74, 6) is 1.07. The van der Waals surface area contributed by atoms with Crippen LogP contribution in [0.1, 0.15) is 37.0 Å². The van der Waals surface area contributed by atoms with Crippen LogP contribution in [0.2, 0.25) is 0 Å². The maximum Gasteiger partial charge on any atom is 0.256 e. The van der Waals surface area contributed by atoms with E-state index >= 15 is 0 Å². The second kappa shape index (κ2) is 8.73. The minimum Gasteiger partial charge on any atom is -0.380 e. The molecule has 7 heteroatoms. The Morgan fingerprint density at radius 3 is 2.56 bits per heavy atom. The Morgan fingerprint density at radius 1 is 1.03 bits per heavy atom. The topological polar surface area (TPSA) is 67.5 Å². The standard InChI is InChI=1S/C25H32N6O/c1-18(2)28-22-6-5-9-26-24(22)30-12-14-31(15-13-30)25(32)21-17-27-23-16-19(7-8-20(21)23)29-10-3-4-11-29/h5-9,16-18,27-28H,3-4,10-15H2,1-2H3. The van der Waals surface area contributed by atoms with E-state index in [9.17, 15) is 4.79 Å². The number of carbonyl (C=O) groups excluding carboxylic acids is 1. The third-order valence-electron chi connectivity index (χ3n) is 6.46. The third-order valence-corrected chi connectivity index (χ3v) is 6.46.